The summed E-state index contributed by atoms with van der Waals surface area (Å²) < 4.78 is 0. The average Bonchev–Trinajstić information content (AvgIpc) is 2.91. The number of carbonyl (C=O) groups is 2. The summed E-state index contributed by atoms with van der Waals surface area (Å²) >= 11 is 6.33. The highest BCUT2D eigenvalue weighted by molar-refractivity contribution is 6.34. The minimum atomic E-state index is -0.903. The topological polar surface area (TPSA) is 116 Å². The molecule has 0 saturated carbocycles. The fourth-order valence-corrected chi connectivity index (χ4v) is 3.87. The number of nitrogens with zero attached hydrogens (tertiary/aromatic N) is 2. The van der Waals surface area contributed by atoms with Crippen molar-refractivity contribution in [1.82, 2.24) is 15.3 Å². The molecule has 0 aliphatic rings. The van der Waals surface area contributed by atoms with Crippen LogP contribution >= 0.6 is 11.6 Å². The summed E-state index contributed by atoms with van der Waals surface area (Å²) in [5.41, 5.74) is 2.18. The van der Waals surface area contributed by atoms with E-state index in [1.54, 1.807) is 51.2 Å². The SMILES string of the molecule is CNc1nc(-c2ccccc2)nc2cc(NC(=O)c3cc(CNC(=O)C(C)(C)CO)ccc3Cl)ccc12. The Morgan fingerprint density at radius 1 is 1.00 bits per heavy atom. The van der Waals surface area contributed by atoms with Gasteiger partial charge in [0.15, 0.2) is 5.82 Å². The van der Waals surface area contributed by atoms with Gasteiger partial charge in [-0.3, -0.25) is 9.59 Å². The van der Waals surface area contributed by atoms with E-state index in [0.29, 0.717) is 28.4 Å². The van der Waals surface area contributed by atoms with Gasteiger partial charge in [-0.05, 0) is 49.7 Å². The maximum Gasteiger partial charge on any atom is 0.257 e. The third-order valence-corrected chi connectivity index (χ3v) is 6.29. The Kier molecular flexibility index (Phi) is 7.71. The molecule has 0 bridgehead atoms. The molecule has 0 aliphatic carbocycles. The van der Waals surface area contributed by atoms with Gasteiger partial charge in [0.1, 0.15) is 5.82 Å². The zero-order chi connectivity index (χ0) is 26.6. The van der Waals surface area contributed by atoms with E-state index in [0.717, 1.165) is 10.9 Å². The van der Waals surface area contributed by atoms with E-state index >= 15 is 0 Å². The maximum absolute atomic E-state index is 13.1. The van der Waals surface area contributed by atoms with Gasteiger partial charge in [-0.25, -0.2) is 9.97 Å². The van der Waals surface area contributed by atoms with Gasteiger partial charge >= 0.3 is 0 Å². The molecule has 9 heteroatoms. The molecule has 0 aliphatic heterocycles. The first-order valence-electron chi connectivity index (χ1n) is 11.8. The Balaban J connectivity index is 1.57. The van der Waals surface area contributed by atoms with Crippen molar-refractivity contribution in [3.63, 3.8) is 0 Å². The molecule has 0 atom stereocenters. The van der Waals surface area contributed by atoms with E-state index in [-0.39, 0.29) is 35.6 Å². The summed E-state index contributed by atoms with van der Waals surface area (Å²) in [7, 11) is 1.80. The molecule has 0 saturated heterocycles. The standard InChI is InChI=1S/C28H28ClN5O3/c1-28(2,16-35)27(37)31-15-17-9-12-22(29)21(13-17)26(36)32-19-10-11-20-23(14-19)33-24(34-25(20)30-3)18-7-5-4-6-8-18/h4-14,35H,15-16H2,1-3H3,(H,31,37)(H,32,36)(H,30,33,34). The highest BCUT2D eigenvalue weighted by Crippen LogP contribution is 2.28. The van der Waals surface area contributed by atoms with Crippen molar-refractivity contribution >= 4 is 45.8 Å². The number of hydrogen-bond acceptors (Lipinski definition) is 6. The van der Waals surface area contributed by atoms with Crippen LogP contribution < -0.4 is 16.0 Å². The smallest absolute Gasteiger partial charge is 0.257 e. The Morgan fingerprint density at radius 3 is 2.46 bits per heavy atom. The molecule has 1 heterocycles. The van der Waals surface area contributed by atoms with Gasteiger partial charge < -0.3 is 21.1 Å². The van der Waals surface area contributed by atoms with Crippen molar-refractivity contribution in [2.24, 2.45) is 5.41 Å². The van der Waals surface area contributed by atoms with Crippen LogP contribution in [-0.2, 0) is 11.3 Å². The van der Waals surface area contributed by atoms with E-state index in [2.05, 4.69) is 20.9 Å². The summed E-state index contributed by atoms with van der Waals surface area (Å²) in [5, 5.41) is 19.3. The lowest BCUT2D eigenvalue weighted by molar-refractivity contribution is -0.131. The van der Waals surface area contributed by atoms with Gasteiger partial charge in [0.05, 0.1) is 28.1 Å². The van der Waals surface area contributed by atoms with Gasteiger partial charge in [0.2, 0.25) is 5.91 Å². The van der Waals surface area contributed by atoms with Gasteiger partial charge in [-0.15, -0.1) is 0 Å². The van der Waals surface area contributed by atoms with Gasteiger partial charge in [-0.1, -0.05) is 48.0 Å². The van der Waals surface area contributed by atoms with Crippen LogP contribution in [0.4, 0.5) is 11.5 Å². The zero-order valence-electron chi connectivity index (χ0n) is 20.8. The van der Waals surface area contributed by atoms with Crippen LogP contribution in [0.15, 0.2) is 66.7 Å². The molecule has 2 amide bonds. The Hall–Kier alpha value is -4.01. The first kappa shape index (κ1) is 26.1. The minimum absolute atomic E-state index is 0.196. The molecule has 4 N–H and O–H groups in total. The molecule has 37 heavy (non-hydrogen) atoms. The number of fused-ring (bicyclic) bond motifs is 1. The van der Waals surface area contributed by atoms with Crippen molar-refractivity contribution < 1.29 is 14.7 Å². The number of halogens is 1. The van der Waals surface area contributed by atoms with Crippen molar-refractivity contribution in [2.75, 3.05) is 24.3 Å². The summed E-state index contributed by atoms with van der Waals surface area (Å²) in [6.07, 6.45) is 0. The maximum atomic E-state index is 13.1. The highest BCUT2D eigenvalue weighted by Gasteiger charge is 2.26. The third kappa shape index (κ3) is 5.87. The van der Waals surface area contributed by atoms with Crippen molar-refractivity contribution in [3.05, 3.63) is 82.9 Å². The number of aromatic nitrogens is 2. The van der Waals surface area contributed by atoms with E-state index in [9.17, 15) is 14.7 Å². The van der Waals surface area contributed by atoms with Gasteiger partial charge in [0.25, 0.3) is 5.91 Å². The van der Waals surface area contributed by atoms with Crippen LogP contribution in [0.2, 0.25) is 5.02 Å². The second-order valence-corrected chi connectivity index (χ2v) is 9.64. The number of hydrogen-bond donors (Lipinski definition) is 4. The minimum Gasteiger partial charge on any atom is -0.395 e. The van der Waals surface area contributed by atoms with Gasteiger partial charge in [-0.2, -0.15) is 0 Å². The second kappa shape index (κ2) is 10.9. The first-order valence-corrected chi connectivity index (χ1v) is 12.1. The lowest BCUT2D eigenvalue weighted by atomic mass is 9.93. The second-order valence-electron chi connectivity index (χ2n) is 9.24. The summed E-state index contributed by atoms with van der Waals surface area (Å²) in [6.45, 7) is 3.23. The van der Waals surface area contributed by atoms with Crippen molar-refractivity contribution in [3.8, 4) is 11.4 Å². The fraction of sp³-hybridized carbons (Fsp3) is 0.214. The molecule has 3 aromatic carbocycles. The molecule has 4 rings (SSSR count). The lowest BCUT2D eigenvalue weighted by Crippen LogP contribution is -2.38. The molecular formula is C28H28ClN5O3. The number of amides is 2. The van der Waals surface area contributed by atoms with Crippen LogP contribution in [0.1, 0.15) is 29.8 Å². The Labute approximate surface area is 220 Å². The van der Waals surface area contributed by atoms with E-state index < -0.39 is 5.41 Å². The van der Waals surface area contributed by atoms with Crippen LogP contribution in [0, 0.1) is 5.41 Å². The van der Waals surface area contributed by atoms with Crippen molar-refractivity contribution in [2.45, 2.75) is 20.4 Å². The molecule has 0 radical (unpaired) electrons. The lowest BCUT2D eigenvalue weighted by Gasteiger charge is -2.20. The largest absolute Gasteiger partial charge is 0.395 e. The van der Waals surface area contributed by atoms with E-state index in [4.69, 9.17) is 16.6 Å². The highest BCUT2D eigenvalue weighted by atomic mass is 35.5. The monoisotopic (exact) mass is 517 g/mol. The number of aliphatic hydroxyl groups excluding tert-OH is 1. The average molecular weight is 518 g/mol. The van der Waals surface area contributed by atoms with Gasteiger partial charge in [0, 0.05) is 30.2 Å². The molecule has 1 aromatic heterocycles. The number of rotatable bonds is 8. The van der Waals surface area contributed by atoms with Crippen LogP contribution in [0.3, 0.4) is 0 Å². The number of benzene rings is 3. The number of nitrogens with one attached hydrogen (secondary N) is 3. The number of carbonyl (C=O) groups excluding carboxylic acids is 2. The zero-order valence-corrected chi connectivity index (χ0v) is 21.6. The molecule has 0 unspecified atom stereocenters. The first-order chi connectivity index (χ1) is 17.7. The Bertz CT molecular complexity index is 1460. The van der Waals surface area contributed by atoms with Crippen molar-refractivity contribution in [1.29, 1.82) is 0 Å². The summed E-state index contributed by atoms with van der Waals surface area (Å²) in [5.74, 6) is 0.580. The predicted molar refractivity (Wildman–Crippen MR) is 147 cm³/mol. The Morgan fingerprint density at radius 2 is 1.76 bits per heavy atom. The molecule has 4 aromatic rings. The number of anilines is 2. The molecule has 0 spiro atoms. The normalized spacial score (nSPS) is 11.3. The summed E-state index contributed by atoms with van der Waals surface area (Å²) in [6, 6.07) is 20.1. The quantitative estimate of drug-likeness (QED) is 0.265. The van der Waals surface area contributed by atoms with Crippen LogP contribution in [0.25, 0.3) is 22.3 Å². The predicted octanol–water partition coefficient (Wildman–Crippen LogP) is 4.88. The van der Waals surface area contributed by atoms with E-state index in [1.807, 2.05) is 36.4 Å². The third-order valence-electron chi connectivity index (χ3n) is 5.96. The molecule has 190 valence electrons. The molecule has 0 fully saturated rings. The summed E-state index contributed by atoms with van der Waals surface area (Å²) in [4.78, 5) is 34.7. The van der Waals surface area contributed by atoms with E-state index in [1.165, 1.54) is 0 Å². The van der Waals surface area contributed by atoms with Crippen LogP contribution in [0.5, 0.6) is 0 Å². The molecule has 8 nitrogen and oxygen atoms in total. The van der Waals surface area contributed by atoms with Crippen LogP contribution in [-0.4, -0.2) is 40.5 Å². The fourth-order valence-electron chi connectivity index (χ4n) is 3.66. The number of aliphatic hydroxyl groups is 1. The molecular weight excluding hydrogens is 490 g/mol.